The second-order valence-corrected chi connectivity index (χ2v) is 4.30. The molecule has 0 bridgehead atoms. The SMILES string of the molecule is CCC(C)NC(=NC)NCc1cc(C#N)ccc1F.I. The first-order chi connectivity index (χ1) is 9.10. The summed E-state index contributed by atoms with van der Waals surface area (Å²) in [5.74, 6) is 0.293. The molecule has 6 heteroatoms. The standard InChI is InChI=1S/C14H19FN4.HI/c1-4-10(2)19-14(17-3)18-9-12-7-11(8-16)5-6-13(12)15;/h5-7,10H,4,9H2,1-3H3,(H2,17,18,19);1H. The molecular weight excluding hydrogens is 370 g/mol. The van der Waals surface area contributed by atoms with Crippen molar-refractivity contribution in [3.05, 3.63) is 35.1 Å². The van der Waals surface area contributed by atoms with Gasteiger partial charge in [-0.05, 0) is 31.5 Å². The summed E-state index contributed by atoms with van der Waals surface area (Å²) in [5.41, 5.74) is 0.897. The highest BCUT2D eigenvalue weighted by Gasteiger charge is 2.06. The van der Waals surface area contributed by atoms with Crippen LogP contribution in [0.2, 0.25) is 0 Å². The van der Waals surface area contributed by atoms with Crippen molar-refractivity contribution < 1.29 is 4.39 Å². The summed E-state index contributed by atoms with van der Waals surface area (Å²) in [6, 6.07) is 6.60. The van der Waals surface area contributed by atoms with E-state index in [4.69, 9.17) is 5.26 Å². The number of nitrogens with zero attached hydrogens (tertiary/aromatic N) is 2. The van der Waals surface area contributed by atoms with E-state index in [1.807, 2.05) is 13.0 Å². The fourth-order valence-corrected chi connectivity index (χ4v) is 1.49. The van der Waals surface area contributed by atoms with Crippen molar-refractivity contribution in [3.8, 4) is 6.07 Å². The zero-order valence-corrected chi connectivity index (χ0v) is 14.2. The molecule has 0 spiro atoms. The van der Waals surface area contributed by atoms with Crippen molar-refractivity contribution in [2.45, 2.75) is 32.9 Å². The molecule has 0 heterocycles. The van der Waals surface area contributed by atoms with Gasteiger partial charge in [-0.1, -0.05) is 6.92 Å². The van der Waals surface area contributed by atoms with E-state index in [0.29, 0.717) is 23.1 Å². The summed E-state index contributed by atoms with van der Waals surface area (Å²) in [6.45, 7) is 4.40. The minimum absolute atomic E-state index is 0. The third-order valence-electron chi connectivity index (χ3n) is 2.84. The van der Waals surface area contributed by atoms with Crippen LogP contribution in [0.1, 0.15) is 31.4 Å². The van der Waals surface area contributed by atoms with Crippen molar-refractivity contribution in [2.24, 2.45) is 4.99 Å². The van der Waals surface area contributed by atoms with Gasteiger partial charge in [-0.3, -0.25) is 4.99 Å². The molecule has 20 heavy (non-hydrogen) atoms. The smallest absolute Gasteiger partial charge is 0.191 e. The maximum atomic E-state index is 13.6. The van der Waals surface area contributed by atoms with E-state index in [-0.39, 0.29) is 36.3 Å². The average Bonchev–Trinajstić information content (AvgIpc) is 2.44. The fraction of sp³-hybridized carbons (Fsp3) is 0.429. The highest BCUT2D eigenvalue weighted by molar-refractivity contribution is 14.0. The van der Waals surface area contributed by atoms with Gasteiger partial charge < -0.3 is 10.6 Å². The molecule has 0 saturated heterocycles. The van der Waals surface area contributed by atoms with Crippen LogP contribution >= 0.6 is 24.0 Å². The lowest BCUT2D eigenvalue weighted by atomic mass is 10.1. The predicted molar refractivity (Wildman–Crippen MR) is 89.6 cm³/mol. The maximum Gasteiger partial charge on any atom is 0.191 e. The van der Waals surface area contributed by atoms with E-state index in [0.717, 1.165) is 6.42 Å². The number of guanidine groups is 1. The normalized spacial score (nSPS) is 12.1. The van der Waals surface area contributed by atoms with Crippen LogP contribution in [-0.4, -0.2) is 19.0 Å². The average molecular weight is 390 g/mol. The van der Waals surface area contributed by atoms with Crippen molar-refractivity contribution in [1.82, 2.24) is 10.6 Å². The summed E-state index contributed by atoms with van der Waals surface area (Å²) in [4.78, 5) is 4.07. The second kappa shape index (κ2) is 9.53. The lowest BCUT2D eigenvalue weighted by Crippen LogP contribution is -2.41. The molecule has 0 saturated carbocycles. The molecule has 2 N–H and O–H groups in total. The predicted octanol–water partition coefficient (Wildman–Crippen LogP) is 2.78. The Morgan fingerprint density at radius 2 is 2.20 bits per heavy atom. The molecule has 0 radical (unpaired) electrons. The Morgan fingerprint density at radius 3 is 2.75 bits per heavy atom. The van der Waals surface area contributed by atoms with Crippen LogP contribution in [0.3, 0.4) is 0 Å². The maximum absolute atomic E-state index is 13.6. The summed E-state index contributed by atoms with van der Waals surface area (Å²) in [7, 11) is 1.67. The number of nitriles is 1. The third kappa shape index (κ3) is 5.74. The number of hydrogen-bond acceptors (Lipinski definition) is 2. The Hall–Kier alpha value is -1.36. The van der Waals surface area contributed by atoms with Crippen LogP contribution in [0, 0.1) is 17.1 Å². The van der Waals surface area contributed by atoms with E-state index in [9.17, 15) is 4.39 Å². The molecule has 1 unspecified atom stereocenters. The first-order valence-corrected chi connectivity index (χ1v) is 6.26. The topological polar surface area (TPSA) is 60.2 Å². The van der Waals surface area contributed by atoms with Gasteiger partial charge in [-0.15, -0.1) is 24.0 Å². The molecule has 110 valence electrons. The molecule has 1 atom stereocenters. The molecule has 4 nitrogen and oxygen atoms in total. The van der Waals surface area contributed by atoms with Gasteiger partial charge in [-0.2, -0.15) is 5.26 Å². The fourth-order valence-electron chi connectivity index (χ4n) is 1.49. The van der Waals surface area contributed by atoms with E-state index >= 15 is 0 Å². The minimum Gasteiger partial charge on any atom is -0.354 e. The van der Waals surface area contributed by atoms with Crippen molar-refractivity contribution in [3.63, 3.8) is 0 Å². The molecule has 1 aromatic rings. The molecule has 1 aromatic carbocycles. The van der Waals surface area contributed by atoms with Crippen LogP contribution in [-0.2, 0) is 6.54 Å². The number of rotatable bonds is 4. The number of benzene rings is 1. The molecule has 1 rings (SSSR count). The number of halogens is 2. The number of aliphatic imine (C=N–C) groups is 1. The molecular formula is C14H20FIN4. The number of nitrogens with one attached hydrogen (secondary N) is 2. The molecule has 0 aliphatic rings. The van der Waals surface area contributed by atoms with Crippen LogP contribution in [0.5, 0.6) is 0 Å². The van der Waals surface area contributed by atoms with Crippen LogP contribution in [0.4, 0.5) is 4.39 Å². The van der Waals surface area contributed by atoms with Crippen molar-refractivity contribution in [1.29, 1.82) is 5.26 Å². The number of hydrogen-bond donors (Lipinski definition) is 2. The molecule has 0 aliphatic heterocycles. The molecule has 0 aromatic heterocycles. The lowest BCUT2D eigenvalue weighted by molar-refractivity contribution is 0.597. The quantitative estimate of drug-likeness (QED) is 0.472. The summed E-state index contributed by atoms with van der Waals surface area (Å²) in [5, 5.41) is 15.0. The largest absolute Gasteiger partial charge is 0.354 e. The molecule has 0 aliphatic carbocycles. The van der Waals surface area contributed by atoms with E-state index in [1.165, 1.54) is 12.1 Å². The first kappa shape index (κ1) is 18.6. The molecule has 0 fully saturated rings. The highest BCUT2D eigenvalue weighted by atomic mass is 127. The van der Waals surface area contributed by atoms with Crippen LogP contribution < -0.4 is 10.6 Å². The molecule has 0 amide bonds. The summed E-state index contributed by atoms with van der Waals surface area (Å²) >= 11 is 0. The van der Waals surface area contributed by atoms with Gasteiger partial charge in [0.15, 0.2) is 5.96 Å². The van der Waals surface area contributed by atoms with E-state index in [2.05, 4.69) is 22.5 Å². The first-order valence-electron chi connectivity index (χ1n) is 6.26. The highest BCUT2D eigenvalue weighted by Crippen LogP contribution is 2.09. The summed E-state index contributed by atoms with van der Waals surface area (Å²) in [6.07, 6.45) is 0.971. The van der Waals surface area contributed by atoms with Gasteiger partial charge in [0.2, 0.25) is 0 Å². The van der Waals surface area contributed by atoms with Crippen LogP contribution in [0.15, 0.2) is 23.2 Å². The van der Waals surface area contributed by atoms with Crippen molar-refractivity contribution in [2.75, 3.05) is 7.05 Å². The summed E-state index contributed by atoms with van der Waals surface area (Å²) < 4.78 is 13.6. The Kier molecular flexibility index (Phi) is 8.88. The van der Waals surface area contributed by atoms with Crippen LogP contribution in [0.25, 0.3) is 0 Å². The Balaban J connectivity index is 0.00000361. The van der Waals surface area contributed by atoms with Crippen molar-refractivity contribution >= 4 is 29.9 Å². The Bertz CT molecular complexity index is 496. The Labute approximate surface area is 136 Å². The Morgan fingerprint density at radius 1 is 1.50 bits per heavy atom. The minimum atomic E-state index is -0.328. The van der Waals surface area contributed by atoms with E-state index < -0.39 is 0 Å². The zero-order chi connectivity index (χ0) is 14.3. The van der Waals surface area contributed by atoms with Gasteiger partial charge in [0, 0.05) is 25.2 Å². The van der Waals surface area contributed by atoms with Gasteiger partial charge in [-0.25, -0.2) is 4.39 Å². The lowest BCUT2D eigenvalue weighted by Gasteiger charge is -2.16. The van der Waals surface area contributed by atoms with E-state index in [1.54, 1.807) is 13.1 Å². The monoisotopic (exact) mass is 390 g/mol. The third-order valence-corrected chi connectivity index (χ3v) is 2.84. The van der Waals surface area contributed by atoms with Gasteiger partial charge >= 0.3 is 0 Å². The second-order valence-electron chi connectivity index (χ2n) is 4.30. The van der Waals surface area contributed by atoms with Gasteiger partial charge in [0.25, 0.3) is 0 Å². The van der Waals surface area contributed by atoms with Gasteiger partial charge in [0.1, 0.15) is 5.82 Å². The van der Waals surface area contributed by atoms with Gasteiger partial charge in [0.05, 0.1) is 11.6 Å². The zero-order valence-electron chi connectivity index (χ0n) is 11.9.